The number of nitrogens with zero attached hydrogens (tertiary/aromatic N) is 1. The Labute approximate surface area is 154 Å². The van der Waals surface area contributed by atoms with Crippen molar-refractivity contribution in [2.24, 2.45) is 11.8 Å². The van der Waals surface area contributed by atoms with E-state index in [1.807, 2.05) is 23.1 Å². The second-order valence-electron chi connectivity index (χ2n) is 7.75. The molecule has 3 nitrogen and oxygen atoms in total. The molecule has 3 aliphatic rings. The summed E-state index contributed by atoms with van der Waals surface area (Å²) in [5, 5.41) is 0. The van der Waals surface area contributed by atoms with Crippen LogP contribution >= 0.6 is 0 Å². The van der Waals surface area contributed by atoms with Gasteiger partial charge < -0.3 is 9.64 Å². The number of rotatable bonds is 1. The van der Waals surface area contributed by atoms with Crippen molar-refractivity contribution in [2.75, 3.05) is 13.2 Å². The standard InChI is InChI=1S/C23H23NO2/c1-16-10-12-19(13-11-16)23-21-9-5-4-8-20(21)22(25)24(23)14-17-6-2-3-7-18(17)15-26-23/h2-5,8-13,17-18H,6-7,14-15H2,1H3/t17-,18+,23-/m0/s1. The van der Waals surface area contributed by atoms with Crippen molar-refractivity contribution in [3.05, 3.63) is 82.9 Å². The van der Waals surface area contributed by atoms with Gasteiger partial charge in [-0.3, -0.25) is 4.79 Å². The van der Waals surface area contributed by atoms with E-state index in [4.69, 9.17) is 4.74 Å². The van der Waals surface area contributed by atoms with Crippen LogP contribution in [0.2, 0.25) is 0 Å². The average molecular weight is 345 g/mol. The summed E-state index contributed by atoms with van der Waals surface area (Å²) in [6.07, 6.45) is 6.58. The van der Waals surface area contributed by atoms with Crippen LogP contribution in [0, 0.1) is 18.8 Å². The fraction of sp³-hybridized carbons (Fsp3) is 0.348. The maximum Gasteiger partial charge on any atom is 0.257 e. The number of ether oxygens (including phenoxy) is 1. The van der Waals surface area contributed by atoms with Crippen LogP contribution in [0.25, 0.3) is 0 Å². The van der Waals surface area contributed by atoms with Crippen molar-refractivity contribution in [1.29, 1.82) is 0 Å². The number of carbonyl (C=O) groups excluding carboxylic acids is 1. The first-order valence-electron chi connectivity index (χ1n) is 9.48. The van der Waals surface area contributed by atoms with Gasteiger partial charge in [-0.15, -0.1) is 0 Å². The van der Waals surface area contributed by atoms with E-state index in [0.29, 0.717) is 18.4 Å². The van der Waals surface area contributed by atoms with Gasteiger partial charge in [-0.1, -0.05) is 60.2 Å². The van der Waals surface area contributed by atoms with Crippen molar-refractivity contribution >= 4 is 5.91 Å². The van der Waals surface area contributed by atoms with Crippen LogP contribution in [-0.4, -0.2) is 24.0 Å². The Morgan fingerprint density at radius 2 is 1.73 bits per heavy atom. The monoisotopic (exact) mass is 345 g/mol. The molecule has 0 bridgehead atoms. The lowest BCUT2D eigenvalue weighted by molar-refractivity contribution is -0.0998. The smallest absolute Gasteiger partial charge is 0.257 e. The molecule has 26 heavy (non-hydrogen) atoms. The topological polar surface area (TPSA) is 29.5 Å². The van der Waals surface area contributed by atoms with E-state index >= 15 is 0 Å². The minimum absolute atomic E-state index is 0.0939. The van der Waals surface area contributed by atoms with Crippen LogP contribution in [0.5, 0.6) is 0 Å². The Bertz CT molecular complexity index is 885. The second-order valence-corrected chi connectivity index (χ2v) is 7.75. The van der Waals surface area contributed by atoms with Crippen LogP contribution in [0.3, 0.4) is 0 Å². The Balaban J connectivity index is 1.70. The third-order valence-corrected chi connectivity index (χ3v) is 6.23. The summed E-state index contributed by atoms with van der Waals surface area (Å²) in [5.41, 5.74) is 3.23. The molecule has 0 aromatic heterocycles. The molecule has 0 spiro atoms. The van der Waals surface area contributed by atoms with Gasteiger partial charge in [-0.05, 0) is 37.7 Å². The quantitative estimate of drug-likeness (QED) is 0.723. The van der Waals surface area contributed by atoms with Crippen molar-refractivity contribution < 1.29 is 9.53 Å². The van der Waals surface area contributed by atoms with Crippen molar-refractivity contribution in [2.45, 2.75) is 25.5 Å². The number of hydrogen-bond donors (Lipinski definition) is 0. The molecular weight excluding hydrogens is 322 g/mol. The van der Waals surface area contributed by atoms with Crippen LogP contribution < -0.4 is 0 Å². The summed E-state index contributed by atoms with van der Waals surface area (Å²) in [7, 11) is 0. The number of amides is 1. The number of benzene rings is 2. The molecule has 1 amide bonds. The van der Waals surface area contributed by atoms with E-state index < -0.39 is 5.72 Å². The van der Waals surface area contributed by atoms with Crippen molar-refractivity contribution in [1.82, 2.24) is 4.90 Å². The lowest BCUT2D eigenvalue weighted by Gasteiger charge is -2.38. The highest BCUT2D eigenvalue weighted by Gasteiger charge is 2.54. The molecule has 5 rings (SSSR count). The molecular formula is C23H23NO2. The lowest BCUT2D eigenvalue weighted by Crippen LogP contribution is -2.47. The Morgan fingerprint density at radius 3 is 2.54 bits per heavy atom. The Hall–Kier alpha value is -2.39. The zero-order valence-corrected chi connectivity index (χ0v) is 15.0. The molecule has 2 aromatic carbocycles. The number of aryl methyl sites for hydroxylation is 1. The van der Waals surface area contributed by atoms with Gasteiger partial charge in [0.1, 0.15) is 0 Å². The molecule has 132 valence electrons. The maximum atomic E-state index is 13.3. The fourth-order valence-corrected chi connectivity index (χ4v) is 4.76. The maximum absolute atomic E-state index is 13.3. The molecule has 2 heterocycles. The molecule has 3 heteroatoms. The van der Waals surface area contributed by atoms with E-state index in [1.165, 1.54) is 5.56 Å². The summed E-state index contributed by atoms with van der Waals surface area (Å²) in [5.74, 6) is 1.04. The minimum atomic E-state index is -0.793. The van der Waals surface area contributed by atoms with Gasteiger partial charge in [0.2, 0.25) is 0 Å². The minimum Gasteiger partial charge on any atom is -0.347 e. The lowest BCUT2D eigenvalue weighted by atomic mass is 9.83. The van der Waals surface area contributed by atoms with Gasteiger partial charge in [-0.2, -0.15) is 0 Å². The molecule has 1 saturated heterocycles. The molecule has 1 fully saturated rings. The predicted octanol–water partition coefficient (Wildman–Crippen LogP) is 4.26. The first-order chi connectivity index (χ1) is 12.7. The van der Waals surface area contributed by atoms with Crippen LogP contribution in [0.15, 0.2) is 60.7 Å². The van der Waals surface area contributed by atoms with Crippen LogP contribution in [-0.2, 0) is 10.5 Å². The molecule has 0 radical (unpaired) electrons. The highest BCUT2D eigenvalue weighted by atomic mass is 16.5. The highest BCUT2D eigenvalue weighted by Crippen LogP contribution is 2.49. The van der Waals surface area contributed by atoms with Gasteiger partial charge in [0.05, 0.1) is 6.61 Å². The summed E-state index contributed by atoms with van der Waals surface area (Å²) in [6, 6.07) is 16.4. The summed E-state index contributed by atoms with van der Waals surface area (Å²) < 4.78 is 6.68. The molecule has 0 unspecified atom stereocenters. The first-order valence-corrected chi connectivity index (χ1v) is 9.48. The Morgan fingerprint density at radius 1 is 1.00 bits per heavy atom. The van der Waals surface area contributed by atoms with E-state index in [-0.39, 0.29) is 5.91 Å². The van der Waals surface area contributed by atoms with E-state index in [1.54, 1.807) is 0 Å². The summed E-state index contributed by atoms with van der Waals surface area (Å²) in [6.45, 7) is 3.51. The van der Waals surface area contributed by atoms with Crippen molar-refractivity contribution in [3.8, 4) is 0 Å². The fourth-order valence-electron chi connectivity index (χ4n) is 4.76. The second kappa shape index (κ2) is 5.82. The number of hydrogen-bond acceptors (Lipinski definition) is 2. The molecule has 0 saturated carbocycles. The van der Waals surface area contributed by atoms with E-state index in [9.17, 15) is 4.79 Å². The third kappa shape index (κ3) is 2.13. The molecule has 0 N–H and O–H groups in total. The Kier molecular flexibility index (Phi) is 3.54. The number of allylic oxidation sites excluding steroid dienone is 2. The SMILES string of the molecule is Cc1ccc([C@@]23OC[C@H]4CC=CC[C@H]4CN2C(=O)c2ccccc23)cc1. The highest BCUT2D eigenvalue weighted by molar-refractivity contribution is 6.00. The van der Waals surface area contributed by atoms with E-state index in [2.05, 4.69) is 49.4 Å². The molecule has 3 atom stereocenters. The van der Waals surface area contributed by atoms with Crippen LogP contribution in [0.1, 0.15) is 39.9 Å². The molecule has 2 aromatic rings. The van der Waals surface area contributed by atoms with E-state index in [0.717, 1.165) is 36.1 Å². The average Bonchev–Trinajstić information content (AvgIpc) is 2.81. The summed E-state index contributed by atoms with van der Waals surface area (Å²) >= 11 is 0. The van der Waals surface area contributed by atoms with Gasteiger partial charge in [0.15, 0.2) is 5.72 Å². The number of fused-ring (bicyclic) bond motifs is 4. The molecule has 2 aliphatic heterocycles. The first kappa shape index (κ1) is 15.8. The zero-order chi connectivity index (χ0) is 17.7. The van der Waals surface area contributed by atoms with Gasteiger partial charge >= 0.3 is 0 Å². The van der Waals surface area contributed by atoms with Gasteiger partial charge in [-0.25, -0.2) is 0 Å². The summed E-state index contributed by atoms with van der Waals surface area (Å²) in [4.78, 5) is 15.3. The zero-order valence-electron chi connectivity index (χ0n) is 15.0. The molecule has 1 aliphatic carbocycles. The van der Waals surface area contributed by atoms with Gasteiger partial charge in [0.25, 0.3) is 5.91 Å². The third-order valence-electron chi connectivity index (χ3n) is 6.23. The van der Waals surface area contributed by atoms with Crippen molar-refractivity contribution in [3.63, 3.8) is 0 Å². The predicted molar refractivity (Wildman–Crippen MR) is 101 cm³/mol. The normalized spacial score (nSPS) is 29.7. The van der Waals surface area contributed by atoms with Gasteiger partial charge in [0, 0.05) is 23.2 Å². The van der Waals surface area contributed by atoms with Crippen LogP contribution in [0.4, 0.5) is 0 Å². The number of carbonyl (C=O) groups is 1. The largest absolute Gasteiger partial charge is 0.347 e.